The van der Waals surface area contributed by atoms with E-state index >= 15 is 0 Å². The van der Waals surface area contributed by atoms with Crippen LogP contribution in [0.15, 0.2) is 0 Å². The van der Waals surface area contributed by atoms with Crippen molar-refractivity contribution in [2.45, 2.75) is 44.8 Å². The standard InChI is InChI=1S/C16H22N4O3S/c1-9-15(18-19-24-9)16(22)20-7-11-4-12(23-13(11)8-20)5-14(21)17-6-10-2-3-10/h10-13H,2-8H2,1H3,(H,17,21)/t11-,12-,13+/m0/s1. The average Bonchev–Trinajstić information content (AvgIpc) is 2.96. The smallest absolute Gasteiger partial charge is 0.275 e. The zero-order valence-corrected chi connectivity index (χ0v) is 14.6. The third-order valence-electron chi connectivity index (χ3n) is 5.15. The number of amides is 2. The lowest BCUT2D eigenvalue weighted by molar-refractivity contribution is -0.123. The Balaban J connectivity index is 1.26. The van der Waals surface area contributed by atoms with Crippen molar-refractivity contribution in [3.8, 4) is 0 Å². The molecule has 3 aliphatic rings. The van der Waals surface area contributed by atoms with Crippen LogP contribution in [0.2, 0.25) is 0 Å². The number of hydrogen-bond acceptors (Lipinski definition) is 6. The van der Waals surface area contributed by atoms with Gasteiger partial charge >= 0.3 is 0 Å². The number of aromatic nitrogens is 2. The van der Waals surface area contributed by atoms with Gasteiger partial charge in [0.1, 0.15) is 0 Å². The molecule has 8 heteroatoms. The molecular formula is C16H22N4O3S. The Kier molecular flexibility index (Phi) is 4.26. The van der Waals surface area contributed by atoms with Crippen LogP contribution in [-0.2, 0) is 9.53 Å². The lowest BCUT2D eigenvalue weighted by atomic mass is 10.0. The van der Waals surface area contributed by atoms with Gasteiger partial charge in [-0.05, 0) is 43.6 Å². The molecule has 7 nitrogen and oxygen atoms in total. The minimum atomic E-state index is -0.0574. The van der Waals surface area contributed by atoms with E-state index in [1.54, 1.807) is 0 Å². The summed E-state index contributed by atoms with van der Waals surface area (Å²) in [5, 5.41) is 6.92. The third kappa shape index (κ3) is 3.30. The predicted octanol–water partition coefficient (Wildman–Crippen LogP) is 0.992. The van der Waals surface area contributed by atoms with Crippen molar-refractivity contribution in [1.29, 1.82) is 0 Å². The quantitative estimate of drug-likeness (QED) is 0.856. The normalized spacial score (nSPS) is 28.9. The van der Waals surface area contributed by atoms with Gasteiger partial charge in [-0.2, -0.15) is 0 Å². The SMILES string of the molecule is Cc1snnc1C(=O)N1C[C@@H]2C[C@@H](CC(=O)NCC3CC3)O[C@@H]2C1. The van der Waals surface area contributed by atoms with Gasteiger partial charge in [0.25, 0.3) is 5.91 Å². The summed E-state index contributed by atoms with van der Waals surface area (Å²) in [6.45, 7) is 3.94. The maximum absolute atomic E-state index is 12.5. The van der Waals surface area contributed by atoms with Crippen molar-refractivity contribution in [3.63, 3.8) is 0 Å². The molecule has 24 heavy (non-hydrogen) atoms. The fourth-order valence-corrected chi connectivity index (χ4v) is 4.06. The van der Waals surface area contributed by atoms with Crippen molar-refractivity contribution in [2.75, 3.05) is 19.6 Å². The molecule has 0 aromatic carbocycles. The molecule has 3 heterocycles. The van der Waals surface area contributed by atoms with E-state index in [2.05, 4.69) is 14.9 Å². The molecule has 1 aromatic heterocycles. The molecule has 2 saturated heterocycles. The Morgan fingerprint density at radius 2 is 2.21 bits per heavy atom. The molecule has 1 aliphatic carbocycles. The second-order valence-electron chi connectivity index (χ2n) is 7.13. The van der Waals surface area contributed by atoms with E-state index in [1.165, 1.54) is 24.4 Å². The lowest BCUT2D eigenvalue weighted by Gasteiger charge is -2.18. The van der Waals surface area contributed by atoms with E-state index in [0.29, 0.717) is 37.0 Å². The topological polar surface area (TPSA) is 84.4 Å². The van der Waals surface area contributed by atoms with Crippen molar-refractivity contribution in [2.24, 2.45) is 11.8 Å². The molecule has 2 aliphatic heterocycles. The number of fused-ring (bicyclic) bond motifs is 1. The van der Waals surface area contributed by atoms with Crippen LogP contribution in [0.5, 0.6) is 0 Å². The molecular weight excluding hydrogens is 328 g/mol. The molecule has 1 N–H and O–H groups in total. The second-order valence-corrected chi connectivity index (χ2v) is 8.09. The average molecular weight is 350 g/mol. The van der Waals surface area contributed by atoms with Gasteiger partial charge in [0.05, 0.1) is 23.5 Å². The molecule has 0 spiro atoms. The molecule has 1 saturated carbocycles. The van der Waals surface area contributed by atoms with Gasteiger partial charge in [0, 0.05) is 25.6 Å². The third-order valence-corrected chi connectivity index (χ3v) is 5.78. The van der Waals surface area contributed by atoms with Crippen molar-refractivity contribution < 1.29 is 14.3 Å². The zero-order chi connectivity index (χ0) is 16.7. The van der Waals surface area contributed by atoms with Crippen LogP contribution < -0.4 is 5.32 Å². The fourth-order valence-electron chi connectivity index (χ4n) is 3.60. The van der Waals surface area contributed by atoms with Crippen LogP contribution in [0.4, 0.5) is 0 Å². The highest BCUT2D eigenvalue weighted by Gasteiger charge is 2.44. The monoisotopic (exact) mass is 350 g/mol. The number of hydrogen-bond donors (Lipinski definition) is 1. The van der Waals surface area contributed by atoms with Crippen LogP contribution in [-0.4, -0.2) is 58.1 Å². The van der Waals surface area contributed by atoms with E-state index in [9.17, 15) is 9.59 Å². The van der Waals surface area contributed by atoms with Gasteiger partial charge < -0.3 is 15.0 Å². The minimum absolute atomic E-state index is 0.0147. The highest BCUT2D eigenvalue weighted by atomic mass is 32.1. The summed E-state index contributed by atoms with van der Waals surface area (Å²) in [7, 11) is 0. The Hall–Kier alpha value is -1.54. The summed E-state index contributed by atoms with van der Waals surface area (Å²) in [5.41, 5.74) is 0.455. The molecule has 0 radical (unpaired) electrons. The zero-order valence-electron chi connectivity index (χ0n) is 13.7. The Morgan fingerprint density at radius 1 is 1.38 bits per heavy atom. The van der Waals surface area contributed by atoms with Crippen LogP contribution in [0.25, 0.3) is 0 Å². The largest absolute Gasteiger partial charge is 0.372 e. The number of rotatable bonds is 5. The molecule has 4 rings (SSSR count). The number of ether oxygens (including phenoxy) is 1. The minimum Gasteiger partial charge on any atom is -0.372 e. The van der Waals surface area contributed by atoms with Gasteiger partial charge in [-0.3, -0.25) is 9.59 Å². The maximum atomic E-state index is 12.5. The molecule has 3 fully saturated rings. The van der Waals surface area contributed by atoms with E-state index < -0.39 is 0 Å². The molecule has 2 amide bonds. The maximum Gasteiger partial charge on any atom is 0.275 e. The highest BCUT2D eigenvalue weighted by molar-refractivity contribution is 7.05. The van der Waals surface area contributed by atoms with Crippen LogP contribution in [0, 0.1) is 18.8 Å². The van der Waals surface area contributed by atoms with Gasteiger partial charge in [0.2, 0.25) is 5.91 Å². The summed E-state index contributed by atoms with van der Waals surface area (Å²) in [4.78, 5) is 27.1. The molecule has 3 atom stereocenters. The lowest BCUT2D eigenvalue weighted by Crippen LogP contribution is -2.33. The number of nitrogens with zero attached hydrogens (tertiary/aromatic N) is 3. The summed E-state index contributed by atoms with van der Waals surface area (Å²) in [6, 6.07) is 0. The first kappa shape index (κ1) is 16.0. The molecule has 0 unspecified atom stereocenters. The van der Waals surface area contributed by atoms with Crippen molar-refractivity contribution in [1.82, 2.24) is 19.8 Å². The Morgan fingerprint density at radius 3 is 2.88 bits per heavy atom. The fraction of sp³-hybridized carbons (Fsp3) is 0.750. The van der Waals surface area contributed by atoms with E-state index in [0.717, 1.165) is 17.8 Å². The number of carbonyl (C=O) groups is 2. The van der Waals surface area contributed by atoms with Crippen LogP contribution in [0.3, 0.4) is 0 Å². The Labute approximate surface area is 144 Å². The first-order chi connectivity index (χ1) is 11.6. The van der Waals surface area contributed by atoms with Crippen molar-refractivity contribution in [3.05, 3.63) is 10.6 Å². The van der Waals surface area contributed by atoms with Gasteiger partial charge in [-0.25, -0.2) is 0 Å². The first-order valence-electron chi connectivity index (χ1n) is 8.60. The summed E-state index contributed by atoms with van der Waals surface area (Å²) >= 11 is 1.25. The summed E-state index contributed by atoms with van der Waals surface area (Å²) < 4.78 is 9.85. The van der Waals surface area contributed by atoms with E-state index in [4.69, 9.17) is 4.74 Å². The van der Waals surface area contributed by atoms with Crippen LogP contribution >= 0.6 is 11.5 Å². The van der Waals surface area contributed by atoms with Crippen LogP contribution in [0.1, 0.15) is 41.0 Å². The predicted molar refractivity (Wildman–Crippen MR) is 87.7 cm³/mol. The molecule has 130 valence electrons. The van der Waals surface area contributed by atoms with Gasteiger partial charge in [0.15, 0.2) is 5.69 Å². The van der Waals surface area contributed by atoms with Gasteiger partial charge in [-0.15, -0.1) is 5.10 Å². The van der Waals surface area contributed by atoms with Crippen molar-refractivity contribution >= 4 is 23.3 Å². The van der Waals surface area contributed by atoms with E-state index in [-0.39, 0.29) is 24.0 Å². The Bertz CT molecular complexity index is 631. The first-order valence-corrected chi connectivity index (χ1v) is 9.38. The van der Waals surface area contributed by atoms with Gasteiger partial charge in [-0.1, -0.05) is 4.49 Å². The number of aryl methyl sites for hydroxylation is 1. The number of nitrogens with one attached hydrogen (secondary N) is 1. The molecule has 0 bridgehead atoms. The summed E-state index contributed by atoms with van der Waals surface area (Å²) in [5.74, 6) is 1.05. The molecule has 1 aromatic rings. The highest BCUT2D eigenvalue weighted by Crippen LogP contribution is 2.35. The number of likely N-dealkylation sites (tertiary alicyclic amines) is 1. The second kappa shape index (κ2) is 6.40. The summed E-state index contributed by atoms with van der Waals surface area (Å²) in [6.07, 6.45) is 3.79. The van der Waals surface area contributed by atoms with E-state index in [1.807, 2.05) is 11.8 Å². The number of carbonyl (C=O) groups excluding carboxylic acids is 2.